The Morgan fingerprint density at radius 2 is 0.940 bits per heavy atom. The van der Waals surface area contributed by atoms with Gasteiger partial charge in [-0.15, -0.1) is 0 Å². The standard InChI is InChI=1S/C41H54O8S/c1-7-43-31-21-34(45-9-3)38(35(22-31)46-10-4)50(33-16-14-13-15-17-33,39-36(47-11-5)23-32(44-8-2)24-37(39)48-12-6)49-40(42)41-25-28-18-29(26-41)20-30(19-28)27-41/h13-17,21-24,28-30H,7-12,18-20,25-27H2,1-6H3. The zero-order chi connectivity index (χ0) is 35.3. The van der Waals surface area contributed by atoms with E-state index in [-0.39, 0.29) is 5.97 Å². The molecule has 0 radical (unpaired) electrons. The van der Waals surface area contributed by atoms with Crippen molar-refractivity contribution in [2.75, 3.05) is 39.6 Å². The fourth-order valence-electron chi connectivity index (χ4n) is 8.87. The third-order valence-corrected chi connectivity index (χ3v) is 13.4. The summed E-state index contributed by atoms with van der Waals surface area (Å²) in [5, 5.41) is 0. The maximum Gasteiger partial charge on any atom is 0.323 e. The van der Waals surface area contributed by atoms with E-state index in [1.165, 1.54) is 19.3 Å². The Balaban J connectivity index is 1.73. The maximum absolute atomic E-state index is 15.4. The van der Waals surface area contributed by atoms with Gasteiger partial charge in [-0.3, -0.25) is 4.79 Å². The Kier molecular flexibility index (Phi) is 11.3. The lowest BCUT2D eigenvalue weighted by Gasteiger charge is -2.56. The van der Waals surface area contributed by atoms with Gasteiger partial charge in [0.1, 0.15) is 44.3 Å². The van der Waals surface area contributed by atoms with Crippen LogP contribution in [0.2, 0.25) is 0 Å². The van der Waals surface area contributed by atoms with E-state index in [2.05, 4.69) is 0 Å². The first-order valence-electron chi connectivity index (χ1n) is 18.6. The summed E-state index contributed by atoms with van der Waals surface area (Å²) in [6.45, 7) is 14.1. The molecule has 4 aliphatic rings. The Morgan fingerprint density at radius 1 is 0.580 bits per heavy atom. The van der Waals surface area contributed by atoms with Crippen LogP contribution in [0, 0.1) is 23.2 Å². The summed E-state index contributed by atoms with van der Waals surface area (Å²) in [5.41, 5.74) is -0.548. The van der Waals surface area contributed by atoms with Gasteiger partial charge < -0.3 is 32.6 Å². The van der Waals surface area contributed by atoms with Crippen LogP contribution in [0.1, 0.15) is 80.1 Å². The largest absolute Gasteiger partial charge is 0.494 e. The summed E-state index contributed by atoms with van der Waals surface area (Å²) < 4.78 is 45.6. The molecule has 0 N–H and O–H groups in total. The van der Waals surface area contributed by atoms with Gasteiger partial charge >= 0.3 is 5.97 Å². The van der Waals surface area contributed by atoms with Crippen LogP contribution in [0.5, 0.6) is 34.5 Å². The average Bonchev–Trinajstić information content (AvgIpc) is 3.08. The summed E-state index contributed by atoms with van der Waals surface area (Å²) in [6, 6.07) is 17.6. The highest BCUT2D eigenvalue weighted by Crippen LogP contribution is 2.78. The predicted molar refractivity (Wildman–Crippen MR) is 195 cm³/mol. The fraction of sp³-hybridized carbons (Fsp3) is 0.537. The molecule has 8 nitrogen and oxygen atoms in total. The van der Waals surface area contributed by atoms with E-state index < -0.39 is 15.7 Å². The molecule has 0 saturated heterocycles. The van der Waals surface area contributed by atoms with Gasteiger partial charge in [0.2, 0.25) is 0 Å². The molecule has 9 heteroatoms. The second-order valence-corrected chi connectivity index (χ2v) is 16.1. The molecule has 272 valence electrons. The van der Waals surface area contributed by atoms with Crippen molar-refractivity contribution in [3.05, 3.63) is 54.6 Å². The third kappa shape index (κ3) is 6.82. The molecule has 3 aromatic rings. The molecule has 0 atom stereocenters. The lowest BCUT2D eigenvalue weighted by atomic mass is 9.49. The Morgan fingerprint density at radius 3 is 1.28 bits per heavy atom. The van der Waals surface area contributed by atoms with E-state index >= 15 is 4.79 Å². The summed E-state index contributed by atoms with van der Waals surface area (Å²) in [7, 11) is -3.06. The van der Waals surface area contributed by atoms with E-state index in [9.17, 15) is 0 Å². The van der Waals surface area contributed by atoms with Gasteiger partial charge in [0.25, 0.3) is 0 Å². The smallest absolute Gasteiger partial charge is 0.323 e. The van der Waals surface area contributed by atoms with Crippen LogP contribution in [0.4, 0.5) is 0 Å². The number of carbonyl (C=O) groups is 1. The first kappa shape index (κ1) is 36.1. The minimum absolute atomic E-state index is 0.159. The van der Waals surface area contributed by atoms with Crippen LogP contribution in [0.3, 0.4) is 0 Å². The van der Waals surface area contributed by atoms with Crippen LogP contribution in [0.15, 0.2) is 69.3 Å². The molecule has 4 saturated carbocycles. The molecule has 0 aromatic heterocycles. The maximum atomic E-state index is 15.4. The van der Waals surface area contributed by atoms with Gasteiger partial charge in [-0.2, -0.15) is 0 Å². The monoisotopic (exact) mass is 706 g/mol. The van der Waals surface area contributed by atoms with E-state index in [0.29, 0.717) is 102 Å². The third-order valence-electron chi connectivity index (χ3n) is 10.1. The van der Waals surface area contributed by atoms with Crippen molar-refractivity contribution < 1.29 is 37.4 Å². The van der Waals surface area contributed by atoms with Crippen molar-refractivity contribution in [2.45, 2.75) is 94.8 Å². The van der Waals surface area contributed by atoms with E-state index in [1.54, 1.807) is 0 Å². The zero-order valence-corrected chi connectivity index (χ0v) is 31.4. The highest BCUT2D eigenvalue weighted by atomic mass is 32.3. The predicted octanol–water partition coefficient (Wildman–Crippen LogP) is 10.0. The van der Waals surface area contributed by atoms with Crippen molar-refractivity contribution >= 4 is 16.3 Å². The number of hydrogen-bond donors (Lipinski definition) is 0. The topological polar surface area (TPSA) is 81.7 Å². The lowest BCUT2D eigenvalue weighted by Crippen LogP contribution is -2.50. The van der Waals surface area contributed by atoms with Crippen molar-refractivity contribution in [3.63, 3.8) is 0 Å². The molecule has 0 amide bonds. The normalized spacial score (nSPS) is 22.5. The first-order valence-corrected chi connectivity index (χ1v) is 20.1. The molecule has 0 unspecified atom stereocenters. The van der Waals surface area contributed by atoms with Gasteiger partial charge in [0.05, 0.1) is 45.1 Å². The van der Waals surface area contributed by atoms with Crippen LogP contribution < -0.4 is 28.4 Å². The number of rotatable bonds is 17. The molecule has 0 spiro atoms. The number of hydrogen-bond acceptors (Lipinski definition) is 8. The summed E-state index contributed by atoms with van der Waals surface area (Å²) in [4.78, 5) is 17.5. The minimum Gasteiger partial charge on any atom is -0.494 e. The second kappa shape index (κ2) is 15.7. The van der Waals surface area contributed by atoms with Crippen molar-refractivity contribution in [1.82, 2.24) is 0 Å². The minimum atomic E-state index is -3.06. The lowest BCUT2D eigenvalue weighted by molar-refractivity contribution is -0.160. The van der Waals surface area contributed by atoms with Gasteiger partial charge in [-0.1, -0.05) is 18.2 Å². The molecule has 4 bridgehead atoms. The van der Waals surface area contributed by atoms with Gasteiger partial charge in [0.15, 0.2) is 0 Å². The first-order chi connectivity index (χ1) is 24.3. The van der Waals surface area contributed by atoms with E-state index in [1.807, 2.05) is 96.1 Å². The van der Waals surface area contributed by atoms with Gasteiger partial charge in [0, 0.05) is 39.5 Å². The Hall–Kier alpha value is -3.72. The second-order valence-electron chi connectivity index (χ2n) is 13.5. The fourth-order valence-corrected chi connectivity index (χ4v) is 12.4. The van der Waals surface area contributed by atoms with E-state index in [4.69, 9.17) is 32.6 Å². The molecule has 0 heterocycles. The summed E-state index contributed by atoms with van der Waals surface area (Å²) >= 11 is 0. The molecular weight excluding hydrogens is 653 g/mol. The van der Waals surface area contributed by atoms with Crippen LogP contribution in [-0.4, -0.2) is 45.6 Å². The van der Waals surface area contributed by atoms with Gasteiger partial charge in [-0.25, -0.2) is 0 Å². The molecular formula is C41H54O8S. The molecule has 3 aromatic carbocycles. The Labute approximate surface area is 299 Å². The number of carbonyl (C=O) groups excluding carboxylic acids is 1. The van der Waals surface area contributed by atoms with Crippen LogP contribution >= 0.6 is 10.3 Å². The molecule has 50 heavy (non-hydrogen) atoms. The average molecular weight is 707 g/mol. The highest BCUT2D eigenvalue weighted by Gasteiger charge is 2.58. The summed E-state index contributed by atoms with van der Waals surface area (Å²) in [5.74, 6) is 4.84. The Bertz CT molecular complexity index is 1460. The SMILES string of the molecule is CCOc1cc(OCC)c(S(OC(=O)C23CC4CC(CC(C4)C2)C3)(c2ccccc2)c2c(OCC)cc(OCC)cc2OCC)c(OCC)c1. The number of benzene rings is 3. The molecule has 4 fully saturated rings. The number of ether oxygens (including phenoxy) is 6. The van der Waals surface area contributed by atoms with Crippen molar-refractivity contribution in [1.29, 1.82) is 0 Å². The molecule has 4 aliphatic carbocycles. The summed E-state index contributed by atoms with van der Waals surface area (Å²) in [6.07, 6.45) is 6.23. The van der Waals surface area contributed by atoms with Crippen molar-refractivity contribution in [2.24, 2.45) is 23.2 Å². The quantitative estimate of drug-likeness (QED) is 0.137. The van der Waals surface area contributed by atoms with Gasteiger partial charge in [-0.05, 0) is 110 Å². The molecule has 0 aliphatic heterocycles. The molecule has 7 rings (SSSR count). The van der Waals surface area contributed by atoms with Crippen LogP contribution in [0.25, 0.3) is 0 Å². The van der Waals surface area contributed by atoms with E-state index in [0.717, 1.165) is 24.2 Å². The van der Waals surface area contributed by atoms with Crippen molar-refractivity contribution in [3.8, 4) is 34.5 Å². The van der Waals surface area contributed by atoms with Crippen LogP contribution in [-0.2, 0) is 8.98 Å². The zero-order valence-electron chi connectivity index (χ0n) is 30.6. The highest BCUT2D eigenvalue weighted by molar-refractivity contribution is 8.30.